The molecule has 2 aromatic rings. The number of nitrogen functional groups attached to an aromatic ring is 1. The Balaban J connectivity index is 2.62. The summed E-state index contributed by atoms with van der Waals surface area (Å²) in [6.07, 6.45) is 0. The fraction of sp³-hybridized carbons (Fsp3) is 0. The van der Waals surface area contributed by atoms with Crippen molar-refractivity contribution in [3.8, 4) is 11.1 Å². The molecule has 2 aromatic carbocycles. The molecule has 4 heteroatoms. The molecule has 0 saturated carbocycles. The number of hydrogen-bond acceptors (Lipinski definition) is 1. The predicted molar refractivity (Wildman–Crippen MR) is 71.3 cm³/mol. The lowest BCUT2D eigenvalue weighted by molar-refractivity contribution is 1.61. The molecule has 0 aromatic heterocycles. The number of benzene rings is 2. The number of hydrogen-bond donors (Lipinski definition) is 1. The Morgan fingerprint density at radius 3 is 2.00 bits per heavy atom. The highest BCUT2D eigenvalue weighted by molar-refractivity contribution is 6.35. The van der Waals surface area contributed by atoms with E-state index in [9.17, 15) is 0 Å². The molecule has 0 aliphatic rings. The minimum atomic E-state index is 0.571. The maximum absolute atomic E-state index is 5.93. The molecule has 0 aliphatic heterocycles. The second kappa shape index (κ2) is 4.54. The van der Waals surface area contributed by atoms with E-state index >= 15 is 0 Å². The molecule has 0 spiro atoms. The van der Waals surface area contributed by atoms with E-state index in [2.05, 4.69) is 0 Å². The highest BCUT2D eigenvalue weighted by Gasteiger charge is 2.05. The maximum Gasteiger partial charge on any atom is 0.0426 e. The predicted octanol–water partition coefficient (Wildman–Crippen LogP) is 4.90. The topological polar surface area (TPSA) is 26.0 Å². The molecule has 0 saturated heterocycles. The molecule has 16 heavy (non-hydrogen) atoms. The van der Waals surface area contributed by atoms with Crippen LogP contribution < -0.4 is 5.73 Å². The quantitative estimate of drug-likeness (QED) is 0.734. The van der Waals surface area contributed by atoms with Gasteiger partial charge < -0.3 is 5.73 Å². The standard InChI is InChI=1S/C12H8Cl3N/c13-8-1-2-12(16)11(6-8)7-3-9(14)5-10(15)4-7/h1-6H,16H2. The van der Waals surface area contributed by atoms with Crippen LogP contribution in [0.3, 0.4) is 0 Å². The van der Waals surface area contributed by atoms with Gasteiger partial charge in [0.05, 0.1) is 0 Å². The normalized spacial score (nSPS) is 10.4. The van der Waals surface area contributed by atoms with Crippen molar-refractivity contribution in [3.63, 3.8) is 0 Å². The first-order chi connectivity index (χ1) is 7.56. The van der Waals surface area contributed by atoms with Crippen LogP contribution in [-0.2, 0) is 0 Å². The minimum Gasteiger partial charge on any atom is -0.398 e. The lowest BCUT2D eigenvalue weighted by Gasteiger charge is -2.07. The zero-order valence-corrected chi connectivity index (χ0v) is 10.4. The van der Waals surface area contributed by atoms with Gasteiger partial charge in [-0.05, 0) is 42.0 Å². The van der Waals surface area contributed by atoms with Crippen molar-refractivity contribution in [2.75, 3.05) is 5.73 Å². The van der Waals surface area contributed by atoms with E-state index in [-0.39, 0.29) is 0 Å². The zero-order chi connectivity index (χ0) is 11.7. The molecule has 0 radical (unpaired) electrons. The van der Waals surface area contributed by atoms with Crippen LogP contribution in [0.1, 0.15) is 0 Å². The van der Waals surface area contributed by atoms with E-state index in [0.717, 1.165) is 11.1 Å². The Morgan fingerprint density at radius 2 is 1.38 bits per heavy atom. The lowest BCUT2D eigenvalue weighted by atomic mass is 10.0. The summed E-state index contributed by atoms with van der Waals surface area (Å²) in [5.74, 6) is 0. The van der Waals surface area contributed by atoms with Crippen LogP contribution in [0.2, 0.25) is 15.1 Å². The van der Waals surface area contributed by atoms with Crippen molar-refractivity contribution >= 4 is 40.5 Å². The Bertz CT molecular complexity index is 518. The molecule has 0 amide bonds. The van der Waals surface area contributed by atoms with Crippen molar-refractivity contribution in [2.45, 2.75) is 0 Å². The zero-order valence-electron chi connectivity index (χ0n) is 8.18. The Hall–Kier alpha value is -0.890. The van der Waals surface area contributed by atoms with Gasteiger partial charge >= 0.3 is 0 Å². The van der Waals surface area contributed by atoms with Gasteiger partial charge in [0.1, 0.15) is 0 Å². The summed E-state index contributed by atoms with van der Waals surface area (Å²) < 4.78 is 0. The van der Waals surface area contributed by atoms with Gasteiger partial charge in [-0.2, -0.15) is 0 Å². The molecule has 0 atom stereocenters. The minimum absolute atomic E-state index is 0.571. The van der Waals surface area contributed by atoms with Gasteiger partial charge in [0, 0.05) is 26.3 Å². The summed E-state index contributed by atoms with van der Waals surface area (Å²) in [6, 6.07) is 10.6. The fourth-order valence-electron chi connectivity index (χ4n) is 1.49. The van der Waals surface area contributed by atoms with E-state index in [1.54, 1.807) is 36.4 Å². The van der Waals surface area contributed by atoms with Crippen LogP contribution in [0.25, 0.3) is 11.1 Å². The average Bonchev–Trinajstić information content (AvgIpc) is 2.20. The van der Waals surface area contributed by atoms with Crippen molar-refractivity contribution < 1.29 is 0 Å². The molecule has 0 bridgehead atoms. The first-order valence-corrected chi connectivity index (χ1v) is 5.71. The van der Waals surface area contributed by atoms with Crippen molar-refractivity contribution in [2.24, 2.45) is 0 Å². The van der Waals surface area contributed by atoms with Gasteiger partial charge in [0.2, 0.25) is 0 Å². The molecule has 2 rings (SSSR count). The van der Waals surface area contributed by atoms with Gasteiger partial charge in [-0.3, -0.25) is 0 Å². The van der Waals surface area contributed by atoms with Crippen LogP contribution >= 0.6 is 34.8 Å². The Morgan fingerprint density at radius 1 is 0.750 bits per heavy atom. The third-order valence-corrected chi connectivity index (χ3v) is 2.86. The third kappa shape index (κ3) is 2.43. The second-order valence-corrected chi connectivity index (χ2v) is 4.70. The Labute approximate surface area is 109 Å². The monoisotopic (exact) mass is 271 g/mol. The number of rotatable bonds is 1. The summed E-state index contributed by atoms with van der Waals surface area (Å²) >= 11 is 17.8. The van der Waals surface area contributed by atoms with Gasteiger partial charge in [-0.15, -0.1) is 0 Å². The summed E-state index contributed by atoms with van der Waals surface area (Å²) in [5.41, 5.74) is 8.21. The summed E-state index contributed by atoms with van der Waals surface area (Å²) in [4.78, 5) is 0. The SMILES string of the molecule is Nc1ccc(Cl)cc1-c1cc(Cl)cc(Cl)c1. The van der Waals surface area contributed by atoms with E-state index in [1.807, 2.05) is 0 Å². The molecule has 82 valence electrons. The molecule has 2 N–H and O–H groups in total. The van der Waals surface area contributed by atoms with E-state index < -0.39 is 0 Å². The van der Waals surface area contributed by atoms with Gasteiger partial charge in [-0.25, -0.2) is 0 Å². The van der Waals surface area contributed by atoms with Crippen LogP contribution in [0.5, 0.6) is 0 Å². The van der Waals surface area contributed by atoms with E-state index in [4.69, 9.17) is 40.5 Å². The molecular formula is C12H8Cl3N. The second-order valence-electron chi connectivity index (χ2n) is 3.39. The van der Waals surface area contributed by atoms with Gasteiger partial charge in [0.25, 0.3) is 0 Å². The van der Waals surface area contributed by atoms with E-state index in [0.29, 0.717) is 20.8 Å². The first kappa shape index (κ1) is 11.6. The highest BCUT2D eigenvalue weighted by Crippen LogP contribution is 2.32. The molecular weight excluding hydrogens is 264 g/mol. The van der Waals surface area contributed by atoms with Crippen LogP contribution in [0, 0.1) is 0 Å². The maximum atomic E-state index is 5.93. The lowest BCUT2D eigenvalue weighted by Crippen LogP contribution is -1.89. The average molecular weight is 273 g/mol. The van der Waals surface area contributed by atoms with Crippen LogP contribution in [0.4, 0.5) is 5.69 Å². The number of halogens is 3. The van der Waals surface area contributed by atoms with Crippen molar-refractivity contribution in [1.29, 1.82) is 0 Å². The fourth-order valence-corrected chi connectivity index (χ4v) is 2.19. The Kier molecular flexibility index (Phi) is 3.29. The number of anilines is 1. The largest absolute Gasteiger partial charge is 0.398 e. The van der Waals surface area contributed by atoms with Crippen LogP contribution in [-0.4, -0.2) is 0 Å². The number of nitrogens with two attached hydrogens (primary N) is 1. The molecule has 1 nitrogen and oxygen atoms in total. The summed E-state index contributed by atoms with van der Waals surface area (Å²) in [6.45, 7) is 0. The smallest absolute Gasteiger partial charge is 0.0426 e. The molecule has 0 unspecified atom stereocenters. The van der Waals surface area contributed by atoms with Crippen LogP contribution in [0.15, 0.2) is 36.4 Å². The van der Waals surface area contributed by atoms with E-state index in [1.165, 1.54) is 0 Å². The molecule has 0 fully saturated rings. The summed E-state index contributed by atoms with van der Waals surface area (Å²) in [5, 5.41) is 1.77. The third-order valence-electron chi connectivity index (χ3n) is 2.19. The van der Waals surface area contributed by atoms with Crippen molar-refractivity contribution in [3.05, 3.63) is 51.5 Å². The van der Waals surface area contributed by atoms with Gasteiger partial charge in [-0.1, -0.05) is 34.8 Å². The molecule has 0 heterocycles. The summed E-state index contributed by atoms with van der Waals surface area (Å²) in [7, 11) is 0. The molecule has 0 aliphatic carbocycles. The van der Waals surface area contributed by atoms with Gasteiger partial charge in [0.15, 0.2) is 0 Å². The van der Waals surface area contributed by atoms with Crippen molar-refractivity contribution in [1.82, 2.24) is 0 Å². The first-order valence-electron chi connectivity index (χ1n) is 4.58. The highest BCUT2D eigenvalue weighted by atomic mass is 35.5.